The summed E-state index contributed by atoms with van der Waals surface area (Å²) >= 11 is 0. The maximum Gasteiger partial charge on any atom is 0.213 e. The summed E-state index contributed by atoms with van der Waals surface area (Å²) in [7, 11) is 0. The molecule has 2 nitrogen and oxygen atoms in total. The molecule has 0 unspecified atom stereocenters. The van der Waals surface area contributed by atoms with Gasteiger partial charge in [0.2, 0.25) is 5.52 Å². The summed E-state index contributed by atoms with van der Waals surface area (Å²) in [5.41, 5.74) is 6.92. The standard InChI is InChI=1S/C29H37N2/c1-22(2)13-17-30-19-15-24(26-9-5-7-11-28(26)30)21-25-16-20-31(18-14-23(3)4)29-12-8-6-10-27(25)29/h5-12,15,19,21-23H,13-14,16-18,20H2,1-4H3/q+1. The normalized spacial score (nSPS) is 15.3. The molecule has 0 N–H and O–H groups in total. The van der Waals surface area contributed by atoms with Crippen LogP contribution in [0.1, 0.15) is 58.1 Å². The zero-order valence-corrected chi connectivity index (χ0v) is 19.6. The quantitative estimate of drug-likeness (QED) is 0.379. The molecule has 2 heterocycles. The smallest absolute Gasteiger partial charge is 0.213 e. The van der Waals surface area contributed by atoms with Crippen molar-refractivity contribution in [3.63, 3.8) is 0 Å². The predicted octanol–water partition coefficient (Wildman–Crippen LogP) is 6.97. The number of hydrogen-bond acceptors (Lipinski definition) is 1. The molecule has 4 rings (SSSR count). The van der Waals surface area contributed by atoms with Crippen LogP contribution in [0.5, 0.6) is 0 Å². The Labute approximate surface area is 188 Å². The fourth-order valence-electron chi connectivity index (χ4n) is 4.54. The van der Waals surface area contributed by atoms with Crippen LogP contribution < -0.4 is 9.47 Å². The topological polar surface area (TPSA) is 7.12 Å². The number of pyridine rings is 1. The van der Waals surface area contributed by atoms with Crippen LogP contribution in [0.25, 0.3) is 22.6 Å². The van der Waals surface area contributed by atoms with Crippen molar-refractivity contribution >= 4 is 28.2 Å². The van der Waals surface area contributed by atoms with Crippen LogP contribution in [0, 0.1) is 11.8 Å². The van der Waals surface area contributed by atoms with Crippen LogP contribution in [0.2, 0.25) is 0 Å². The molecular formula is C29H37N2+. The molecule has 0 saturated carbocycles. The van der Waals surface area contributed by atoms with Gasteiger partial charge in [0.25, 0.3) is 0 Å². The summed E-state index contributed by atoms with van der Waals surface area (Å²) in [6.45, 7) is 12.5. The Morgan fingerprint density at radius 3 is 2.45 bits per heavy atom. The van der Waals surface area contributed by atoms with Gasteiger partial charge in [-0.1, -0.05) is 58.0 Å². The average Bonchev–Trinajstić information content (AvgIpc) is 2.77. The van der Waals surface area contributed by atoms with Gasteiger partial charge < -0.3 is 4.90 Å². The molecule has 0 spiro atoms. The van der Waals surface area contributed by atoms with E-state index in [2.05, 4.69) is 104 Å². The Kier molecular flexibility index (Phi) is 6.75. The second-order valence-corrected chi connectivity index (χ2v) is 9.77. The second kappa shape index (κ2) is 9.68. The van der Waals surface area contributed by atoms with Gasteiger partial charge in [-0.3, -0.25) is 0 Å². The predicted molar refractivity (Wildman–Crippen MR) is 134 cm³/mol. The van der Waals surface area contributed by atoms with Gasteiger partial charge in [0.15, 0.2) is 6.20 Å². The molecular weight excluding hydrogens is 376 g/mol. The largest absolute Gasteiger partial charge is 0.371 e. The van der Waals surface area contributed by atoms with Gasteiger partial charge in [-0.2, -0.15) is 4.57 Å². The number of rotatable bonds is 7. The van der Waals surface area contributed by atoms with Crippen LogP contribution in [-0.2, 0) is 6.54 Å². The minimum atomic E-state index is 0.713. The van der Waals surface area contributed by atoms with E-state index in [0.29, 0.717) is 5.92 Å². The van der Waals surface area contributed by atoms with Crippen LogP contribution in [0.15, 0.2) is 60.8 Å². The average molecular weight is 414 g/mol. The van der Waals surface area contributed by atoms with E-state index in [1.165, 1.54) is 46.1 Å². The van der Waals surface area contributed by atoms with Crippen molar-refractivity contribution in [2.45, 2.75) is 53.5 Å². The molecule has 0 amide bonds. The lowest BCUT2D eigenvalue weighted by Gasteiger charge is -2.33. The molecule has 162 valence electrons. The first kappa shape index (κ1) is 21.6. The summed E-state index contributed by atoms with van der Waals surface area (Å²) < 4.78 is 2.42. The number of benzene rings is 2. The first-order valence-electron chi connectivity index (χ1n) is 12.0. The van der Waals surface area contributed by atoms with Crippen LogP contribution in [0.3, 0.4) is 0 Å². The van der Waals surface area contributed by atoms with Gasteiger partial charge in [0.1, 0.15) is 6.54 Å². The van der Waals surface area contributed by atoms with Crippen molar-refractivity contribution in [3.05, 3.63) is 71.9 Å². The van der Waals surface area contributed by atoms with E-state index in [0.717, 1.165) is 32.0 Å². The van der Waals surface area contributed by atoms with Crippen molar-refractivity contribution in [1.82, 2.24) is 0 Å². The molecule has 1 aliphatic rings. The minimum Gasteiger partial charge on any atom is -0.371 e. The maximum atomic E-state index is 2.58. The first-order chi connectivity index (χ1) is 15.0. The number of fused-ring (bicyclic) bond motifs is 2. The lowest BCUT2D eigenvalue weighted by molar-refractivity contribution is -0.672. The lowest BCUT2D eigenvalue weighted by Crippen LogP contribution is -2.35. The Morgan fingerprint density at radius 1 is 0.903 bits per heavy atom. The van der Waals surface area contributed by atoms with Gasteiger partial charge >= 0.3 is 0 Å². The van der Waals surface area contributed by atoms with E-state index < -0.39 is 0 Å². The lowest BCUT2D eigenvalue weighted by atomic mass is 9.93. The highest BCUT2D eigenvalue weighted by Crippen LogP contribution is 2.36. The molecule has 0 fully saturated rings. The molecule has 0 radical (unpaired) electrons. The molecule has 0 bridgehead atoms. The zero-order chi connectivity index (χ0) is 21.8. The molecule has 0 aliphatic carbocycles. The Morgan fingerprint density at radius 2 is 1.65 bits per heavy atom. The third-order valence-electron chi connectivity index (χ3n) is 6.45. The van der Waals surface area contributed by atoms with Gasteiger partial charge in [0, 0.05) is 42.9 Å². The van der Waals surface area contributed by atoms with Gasteiger partial charge in [-0.15, -0.1) is 0 Å². The fraction of sp³-hybridized carbons (Fsp3) is 0.414. The van der Waals surface area contributed by atoms with Crippen LogP contribution in [-0.4, -0.2) is 13.1 Å². The second-order valence-electron chi connectivity index (χ2n) is 9.77. The molecule has 1 aromatic heterocycles. The summed E-state index contributed by atoms with van der Waals surface area (Å²) in [6.07, 6.45) is 8.27. The zero-order valence-electron chi connectivity index (χ0n) is 19.6. The van der Waals surface area contributed by atoms with E-state index in [-0.39, 0.29) is 0 Å². The summed E-state index contributed by atoms with van der Waals surface area (Å²) in [4.78, 5) is 2.58. The number of aromatic nitrogens is 1. The van der Waals surface area contributed by atoms with Crippen molar-refractivity contribution in [3.8, 4) is 0 Å². The van der Waals surface area contributed by atoms with Crippen molar-refractivity contribution < 1.29 is 4.57 Å². The van der Waals surface area contributed by atoms with Crippen LogP contribution in [0.4, 0.5) is 5.69 Å². The summed E-state index contributed by atoms with van der Waals surface area (Å²) in [5.74, 6) is 1.45. The number of nitrogens with zero attached hydrogens (tertiary/aromatic N) is 2. The molecule has 1 aliphatic heterocycles. The third kappa shape index (κ3) is 5.01. The van der Waals surface area contributed by atoms with Crippen molar-refractivity contribution in [2.24, 2.45) is 11.8 Å². The van der Waals surface area contributed by atoms with E-state index in [1.807, 2.05) is 0 Å². The van der Waals surface area contributed by atoms with Crippen molar-refractivity contribution in [2.75, 3.05) is 18.0 Å². The summed E-state index contributed by atoms with van der Waals surface area (Å²) in [5, 5.41) is 1.35. The first-order valence-corrected chi connectivity index (χ1v) is 12.0. The van der Waals surface area contributed by atoms with E-state index in [4.69, 9.17) is 0 Å². The molecule has 3 aromatic rings. The Bertz CT molecular complexity index is 1060. The molecule has 0 atom stereocenters. The Hall–Kier alpha value is -2.61. The SMILES string of the molecule is CC(C)CCN1CC/C(=C\c2cc[n+](CCC(C)C)c3ccccc23)c2ccccc21. The number of para-hydroxylation sites is 2. The molecule has 31 heavy (non-hydrogen) atoms. The third-order valence-corrected chi connectivity index (χ3v) is 6.45. The van der Waals surface area contributed by atoms with Gasteiger partial charge in [-0.05, 0) is 54.0 Å². The molecule has 2 heteroatoms. The van der Waals surface area contributed by atoms with Gasteiger partial charge in [0.05, 0.1) is 5.39 Å². The highest BCUT2D eigenvalue weighted by atomic mass is 15.1. The monoisotopic (exact) mass is 413 g/mol. The fourth-order valence-corrected chi connectivity index (χ4v) is 4.54. The maximum absolute atomic E-state index is 2.58. The summed E-state index contributed by atoms with van der Waals surface area (Å²) in [6, 6.07) is 20.1. The highest BCUT2D eigenvalue weighted by Gasteiger charge is 2.21. The van der Waals surface area contributed by atoms with Crippen molar-refractivity contribution in [1.29, 1.82) is 0 Å². The molecule has 2 aromatic carbocycles. The number of hydrogen-bond donors (Lipinski definition) is 0. The van der Waals surface area contributed by atoms with Gasteiger partial charge in [-0.25, -0.2) is 0 Å². The van der Waals surface area contributed by atoms with E-state index >= 15 is 0 Å². The van der Waals surface area contributed by atoms with E-state index in [1.54, 1.807) is 0 Å². The van der Waals surface area contributed by atoms with E-state index in [9.17, 15) is 0 Å². The number of anilines is 1. The highest BCUT2D eigenvalue weighted by molar-refractivity contribution is 5.95. The number of aryl methyl sites for hydroxylation is 1. The Balaban J connectivity index is 1.70. The van der Waals surface area contributed by atoms with Crippen LogP contribution >= 0.6 is 0 Å². The molecule has 0 saturated heterocycles. The minimum absolute atomic E-state index is 0.713.